The lowest BCUT2D eigenvalue weighted by Crippen LogP contribution is -2.23. The summed E-state index contributed by atoms with van der Waals surface area (Å²) in [6, 6.07) is 14.0. The number of rotatable bonds is 4. The highest BCUT2D eigenvalue weighted by molar-refractivity contribution is 5.54. The van der Waals surface area contributed by atoms with Crippen molar-refractivity contribution >= 4 is 11.4 Å². The van der Waals surface area contributed by atoms with Crippen LogP contribution in [0.1, 0.15) is 18.1 Å². The summed E-state index contributed by atoms with van der Waals surface area (Å²) >= 11 is 0. The maximum Gasteiger partial charge on any atom is 0.147 e. The Kier molecular flexibility index (Phi) is 4.21. The standard InChI is InChI=1S/C16H16FN3/c1-2-20(11-13-5-3-4-6-15(13)19)16-8-7-12(10-18)9-14(16)17/h3-9H,2,11,19H2,1H3. The summed E-state index contributed by atoms with van der Waals surface area (Å²) in [5, 5.41) is 8.77. The SMILES string of the molecule is CCN(Cc1ccccc1N)c1ccc(C#N)cc1F. The zero-order valence-corrected chi connectivity index (χ0v) is 11.3. The lowest BCUT2D eigenvalue weighted by Gasteiger charge is -2.24. The molecule has 2 rings (SSSR count). The number of halogens is 1. The fourth-order valence-corrected chi connectivity index (χ4v) is 2.08. The largest absolute Gasteiger partial charge is 0.398 e. The predicted molar refractivity (Wildman–Crippen MR) is 78.7 cm³/mol. The molecule has 0 heterocycles. The fourth-order valence-electron chi connectivity index (χ4n) is 2.08. The van der Waals surface area contributed by atoms with Crippen molar-refractivity contribution in [2.75, 3.05) is 17.2 Å². The Morgan fingerprint density at radius 2 is 2.00 bits per heavy atom. The summed E-state index contributed by atoms with van der Waals surface area (Å²) in [4.78, 5) is 1.89. The van der Waals surface area contributed by atoms with Crippen LogP contribution in [-0.2, 0) is 6.54 Å². The van der Waals surface area contributed by atoms with Crippen LogP contribution >= 0.6 is 0 Å². The molecule has 2 aromatic rings. The maximum atomic E-state index is 14.1. The van der Waals surface area contributed by atoms with Gasteiger partial charge in [0.25, 0.3) is 0 Å². The summed E-state index contributed by atoms with van der Waals surface area (Å²) in [7, 11) is 0. The van der Waals surface area contributed by atoms with Gasteiger partial charge in [0.1, 0.15) is 5.82 Å². The molecular weight excluding hydrogens is 253 g/mol. The number of para-hydroxylation sites is 1. The highest BCUT2D eigenvalue weighted by Gasteiger charge is 2.12. The Morgan fingerprint density at radius 1 is 1.25 bits per heavy atom. The molecule has 4 heteroatoms. The molecule has 0 aliphatic rings. The van der Waals surface area contributed by atoms with E-state index >= 15 is 0 Å². The Bertz CT molecular complexity index is 646. The van der Waals surface area contributed by atoms with Gasteiger partial charge in [-0.25, -0.2) is 4.39 Å². The summed E-state index contributed by atoms with van der Waals surface area (Å²) < 4.78 is 14.1. The zero-order chi connectivity index (χ0) is 14.5. The van der Waals surface area contributed by atoms with Crippen LogP contribution in [0, 0.1) is 17.1 Å². The van der Waals surface area contributed by atoms with E-state index in [9.17, 15) is 4.39 Å². The van der Waals surface area contributed by atoms with Gasteiger partial charge >= 0.3 is 0 Å². The first kappa shape index (κ1) is 13.9. The Hall–Kier alpha value is -2.54. The number of nitrogens with zero attached hydrogens (tertiary/aromatic N) is 2. The first-order chi connectivity index (χ1) is 9.65. The molecule has 0 aliphatic heterocycles. The van der Waals surface area contributed by atoms with E-state index in [4.69, 9.17) is 11.0 Å². The second-order valence-corrected chi connectivity index (χ2v) is 4.49. The number of nitrogen functional groups attached to an aromatic ring is 1. The van der Waals surface area contributed by atoms with Crippen LogP contribution in [0.5, 0.6) is 0 Å². The fraction of sp³-hybridized carbons (Fsp3) is 0.188. The molecule has 0 atom stereocenters. The second kappa shape index (κ2) is 6.07. The Labute approximate surface area is 118 Å². The van der Waals surface area contributed by atoms with E-state index in [0.29, 0.717) is 30.0 Å². The summed E-state index contributed by atoms with van der Waals surface area (Å²) in [6.45, 7) is 3.14. The van der Waals surface area contributed by atoms with E-state index < -0.39 is 0 Å². The van der Waals surface area contributed by atoms with Gasteiger partial charge in [0.2, 0.25) is 0 Å². The van der Waals surface area contributed by atoms with E-state index in [0.717, 1.165) is 5.56 Å². The van der Waals surface area contributed by atoms with Gasteiger partial charge in [0.05, 0.1) is 17.3 Å². The monoisotopic (exact) mass is 269 g/mol. The quantitative estimate of drug-likeness (QED) is 0.866. The van der Waals surface area contributed by atoms with Gasteiger partial charge in [-0.2, -0.15) is 5.26 Å². The van der Waals surface area contributed by atoms with Crippen molar-refractivity contribution in [1.82, 2.24) is 0 Å². The van der Waals surface area contributed by atoms with Crippen LogP contribution < -0.4 is 10.6 Å². The van der Waals surface area contributed by atoms with Crippen LogP contribution in [0.25, 0.3) is 0 Å². The van der Waals surface area contributed by atoms with Gasteiger partial charge < -0.3 is 10.6 Å². The first-order valence-electron chi connectivity index (χ1n) is 6.43. The maximum absolute atomic E-state index is 14.1. The lowest BCUT2D eigenvalue weighted by molar-refractivity contribution is 0.617. The van der Waals surface area contributed by atoms with Gasteiger partial charge in [-0.3, -0.25) is 0 Å². The predicted octanol–water partition coefficient (Wildman–Crippen LogP) is 3.31. The van der Waals surface area contributed by atoms with Crippen molar-refractivity contribution in [3.8, 4) is 6.07 Å². The van der Waals surface area contributed by atoms with Gasteiger partial charge in [0, 0.05) is 18.8 Å². The minimum absolute atomic E-state index is 0.321. The molecule has 20 heavy (non-hydrogen) atoms. The molecule has 0 aliphatic carbocycles. The molecule has 2 N–H and O–H groups in total. The molecule has 0 spiro atoms. The number of anilines is 2. The van der Waals surface area contributed by atoms with E-state index in [1.165, 1.54) is 6.07 Å². The van der Waals surface area contributed by atoms with Gasteiger partial charge in [-0.05, 0) is 36.8 Å². The number of benzene rings is 2. The molecular formula is C16H16FN3. The van der Waals surface area contributed by atoms with Gasteiger partial charge in [-0.1, -0.05) is 18.2 Å². The number of nitriles is 1. The van der Waals surface area contributed by atoms with E-state index in [-0.39, 0.29) is 5.82 Å². The third kappa shape index (κ3) is 2.89. The molecule has 2 aromatic carbocycles. The topological polar surface area (TPSA) is 53.0 Å². The molecule has 0 unspecified atom stereocenters. The highest BCUT2D eigenvalue weighted by atomic mass is 19.1. The third-order valence-corrected chi connectivity index (χ3v) is 3.22. The molecule has 0 bridgehead atoms. The van der Waals surface area contributed by atoms with Crippen LogP contribution in [0.2, 0.25) is 0 Å². The Morgan fingerprint density at radius 3 is 2.60 bits per heavy atom. The van der Waals surface area contributed by atoms with Crippen LogP contribution in [-0.4, -0.2) is 6.54 Å². The van der Waals surface area contributed by atoms with Crippen molar-refractivity contribution < 1.29 is 4.39 Å². The average Bonchev–Trinajstić information content (AvgIpc) is 2.47. The van der Waals surface area contributed by atoms with Gasteiger partial charge in [0.15, 0.2) is 0 Å². The van der Waals surface area contributed by atoms with Crippen LogP contribution in [0.3, 0.4) is 0 Å². The molecule has 0 amide bonds. The van der Waals surface area contributed by atoms with Gasteiger partial charge in [-0.15, -0.1) is 0 Å². The second-order valence-electron chi connectivity index (χ2n) is 4.49. The number of hydrogen-bond donors (Lipinski definition) is 1. The lowest BCUT2D eigenvalue weighted by atomic mass is 10.1. The molecule has 3 nitrogen and oxygen atoms in total. The molecule has 0 saturated carbocycles. The van der Waals surface area contributed by atoms with Crippen LogP contribution in [0.4, 0.5) is 15.8 Å². The Balaban J connectivity index is 2.29. The van der Waals surface area contributed by atoms with Crippen molar-refractivity contribution in [2.45, 2.75) is 13.5 Å². The minimum atomic E-state index is -0.389. The molecule has 0 aromatic heterocycles. The smallest absolute Gasteiger partial charge is 0.147 e. The van der Waals surface area contributed by atoms with Crippen molar-refractivity contribution in [2.24, 2.45) is 0 Å². The van der Waals surface area contributed by atoms with Crippen molar-refractivity contribution in [3.05, 3.63) is 59.4 Å². The summed E-state index contributed by atoms with van der Waals surface area (Å²) in [6.07, 6.45) is 0. The number of hydrogen-bond acceptors (Lipinski definition) is 3. The molecule has 0 saturated heterocycles. The molecule has 0 radical (unpaired) electrons. The average molecular weight is 269 g/mol. The van der Waals surface area contributed by atoms with Crippen molar-refractivity contribution in [3.63, 3.8) is 0 Å². The van der Waals surface area contributed by atoms with Crippen molar-refractivity contribution in [1.29, 1.82) is 5.26 Å². The zero-order valence-electron chi connectivity index (χ0n) is 11.3. The van der Waals surface area contributed by atoms with E-state index in [1.54, 1.807) is 12.1 Å². The minimum Gasteiger partial charge on any atom is -0.398 e. The summed E-state index contributed by atoms with van der Waals surface area (Å²) in [5.41, 5.74) is 8.37. The third-order valence-electron chi connectivity index (χ3n) is 3.22. The van der Waals surface area contributed by atoms with Crippen LogP contribution in [0.15, 0.2) is 42.5 Å². The molecule has 102 valence electrons. The molecule has 0 fully saturated rings. The number of nitrogens with two attached hydrogens (primary N) is 1. The van der Waals surface area contributed by atoms with E-state index in [1.807, 2.05) is 42.2 Å². The highest BCUT2D eigenvalue weighted by Crippen LogP contribution is 2.23. The first-order valence-corrected chi connectivity index (χ1v) is 6.43. The summed E-state index contributed by atoms with van der Waals surface area (Å²) in [5.74, 6) is -0.389. The van der Waals surface area contributed by atoms with E-state index in [2.05, 4.69) is 0 Å². The normalized spacial score (nSPS) is 10.1.